The van der Waals surface area contributed by atoms with Gasteiger partial charge in [0.15, 0.2) is 0 Å². The highest BCUT2D eigenvalue weighted by Crippen LogP contribution is 2.26. The molecule has 29 heavy (non-hydrogen) atoms. The van der Waals surface area contributed by atoms with Crippen molar-refractivity contribution in [2.75, 3.05) is 6.61 Å². The Kier molecular flexibility index (Phi) is 8.47. The van der Waals surface area contributed by atoms with Gasteiger partial charge in [-0.15, -0.1) is 0 Å². The molecule has 0 amide bonds. The van der Waals surface area contributed by atoms with Crippen molar-refractivity contribution in [3.8, 4) is 0 Å². The molecule has 0 aliphatic carbocycles. The highest BCUT2D eigenvalue weighted by Gasteiger charge is 2.36. The lowest BCUT2D eigenvalue weighted by Crippen LogP contribution is -2.31. The van der Waals surface area contributed by atoms with Gasteiger partial charge >= 0.3 is 5.97 Å². The number of hydrogen-bond acceptors (Lipinski definition) is 4. The molecule has 2 aromatic carbocycles. The predicted octanol–water partition coefficient (Wildman–Crippen LogP) is 5.72. The van der Waals surface area contributed by atoms with E-state index in [4.69, 9.17) is 14.2 Å². The molecule has 3 atom stereocenters. The minimum absolute atomic E-state index is 0.0158. The van der Waals surface area contributed by atoms with E-state index in [1.165, 1.54) is 5.56 Å². The molecule has 0 spiro atoms. The predicted molar refractivity (Wildman–Crippen MR) is 117 cm³/mol. The third kappa shape index (κ3) is 6.47. The average Bonchev–Trinajstić information content (AvgIpc) is 3.07. The zero-order valence-electron chi connectivity index (χ0n) is 18.1. The van der Waals surface area contributed by atoms with E-state index in [-0.39, 0.29) is 24.3 Å². The van der Waals surface area contributed by atoms with Gasteiger partial charge in [0, 0.05) is 12.0 Å². The molecule has 0 radical (unpaired) electrons. The summed E-state index contributed by atoms with van der Waals surface area (Å²) in [4.78, 5) is 12.4. The third-order valence-corrected chi connectivity index (χ3v) is 4.73. The normalized spacial score (nSPS) is 20.4. The second kappa shape index (κ2) is 10.8. The standard InChI is InChI=1S/C23H26O4.C2H6/c1-15-5-9-19(10-6-15)18(4)25-14-22-21(13-17(3)26-22)27-23(24)20-11-7-16(2)8-12-20;1-2/h5-12,17,21-22H,4,13-14H2,1-3H3;1-2H3/t17-,21+,22-;/m1./s1. The fourth-order valence-electron chi connectivity index (χ4n) is 3.09. The van der Waals surface area contributed by atoms with E-state index in [0.29, 0.717) is 24.4 Å². The van der Waals surface area contributed by atoms with Crippen LogP contribution in [0.4, 0.5) is 0 Å². The van der Waals surface area contributed by atoms with Gasteiger partial charge < -0.3 is 14.2 Å². The quantitative estimate of drug-likeness (QED) is 0.463. The monoisotopic (exact) mass is 396 g/mol. The molecule has 3 rings (SSSR count). The molecule has 4 nitrogen and oxygen atoms in total. The van der Waals surface area contributed by atoms with Gasteiger partial charge in [0.2, 0.25) is 0 Å². The lowest BCUT2D eigenvalue weighted by atomic mass is 10.1. The van der Waals surface area contributed by atoms with Gasteiger partial charge in [-0.2, -0.15) is 0 Å². The molecular formula is C25H32O4. The fourth-order valence-corrected chi connectivity index (χ4v) is 3.09. The molecule has 0 bridgehead atoms. The summed E-state index contributed by atoms with van der Waals surface area (Å²) >= 11 is 0. The van der Waals surface area contributed by atoms with E-state index >= 15 is 0 Å². The van der Waals surface area contributed by atoms with E-state index in [9.17, 15) is 4.79 Å². The number of carbonyl (C=O) groups excluding carboxylic acids is 1. The van der Waals surface area contributed by atoms with E-state index in [1.54, 1.807) is 12.1 Å². The Hall–Kier alpha value is -2.59. The molecule has 1 fully saturated rings. The van der Waals surface area contributed by atoms with Crippen molar-refractivity contribution in [3.63, 3.8) is 0 Å². The lowest BCUT2D eigenvalue weighted by Gasteiger charge is -2.20. The zero-order chi connectivity index (χ0) is 21.4. The molecular weight excluding hydrogens is 364 g/mol. The van der Waals surface area contributed by atoms with E-state index in [2.05, 4.69) is 6.58 Å². The van der Waals surface area contributed by atoms with E-state index in [0.717, 1.165) is 11.1 Å². The minimum atomic E-state index is -0.334. The van der Waals surface area contributed by atoms with Crippen molar-refractivity contribution in [2.45, 2.75) is 59.4 Å². The van der Waals surface area contributed by atoms with Gasteiger partial charge in [-0.3, -0.25) is 0 Å². The Balaban J connectivity index is 0.00000145. The van der Waals surface area contributed by atoms with Crippen molar-refractivity contribution in [3.05, 3.63) is 77.4 Å². The van der Waals surface area contributed by atoms with Crippen LogP contribution in [-0.2, 0) is 14.2 Å². The van der Waals surface area contributed by atoms with Crippen LogP contribution >= 0.6 is 0 Å². The molecule has 0 N–H and O–H groups in total. The zero-order valence-corrected chi connectivity index (χ0v) is 18.1. The third-order valence-electron chi connectivity index (χ3n) is 4.73. The number of hydrogen-bond donors (Lipinski definition) is 0. The highest BCUT2D eigenvalue weighted by molar-refractivity contribution is 5.89. The molecule has 0 unspecified atom stereocenters. The van der Waals surface area contributed by atoms with Crippen molar-refractivity contribution >= 4 is 11.7 Å². The minimum Gasteiger partial charge on any atom is -0.491 e. The molecule has 1 heterocycles. The largest absolute Gasteiger partial charge is 0.491 e. The maximum absolute atomic E-state index is 12.4. The number of rotatable bonds is 6. The average molecular weight is 397 g/mol. The number of benzene rings is 2. The number of esters is 1. The summed E-state index contributed by atoms with van der Waals surface area (Å²) in [5.74, 6) is 0.252. The second-order valence-electron chi connectivity index (χ2n) is 7.13. The first kappa shape index (κ1) is 22.7. The molecule has 0 saturated carbocycles. The first-order chi connectivity index (χ1) is 13.9. The molecule has 4 heteroatoms. The summed E-state index contributed by atoms with van der Waals surface area (Å²) in [6.45, 7) is 14.3. The summed E-state index contributed by atoms with van der Waals surface area (Å²) in [5.41, 5.74) is 3.76. The summed E-state index contributed by atoms with van der Waals surface area (Å²) in [6.07, 6.45) is 0.0288. The topological polar surface area (TPSA) is 44.8 Å². The number of carbonyl (C=O) groups is 1. The Bertz CT molecular complexity index is 793. The van der Waals surface area contributed by atoms with Gasteiger partial charge in [0.05, 0.1) is 11.7 Å². The van der Waals surface area contributed by atoms with E-state index < -0.39 is 0 Å². The van der Waals surface area contributed by atoms with Gasteiger partial charge in [0.25, 0.3) is 0 Å². The summed E-state index contributed by atoms with van der Waals surface area (Å²) in [6, 6.07) is 15.3. The smallest absolute Gasteiger partial charge is 0.338 e. The number of aryl methyl sites for hydroxylation is 2. The fraction of sp³-hybridized carbons (Fsp3) is 0.400. The first-order valence-corrected chi connectivity index (χ1v) is 10.2. The SMILES string of the molecule is C=C(OC[C@H]1O[C@H](C)C[C@@H]1OC(=O)c1ccc(C)cc1)c1ccc(C)cc1.CC. The molecule has 1 aliphatic heterocycles. The van der Waals surface area contributed by atoms with Crippen LogP contribution in [0, 0.1) is 13.8 Å². The van der Waals surface area contributed by atoms with Crippen LogP contribution in [-0.4, -0.2) is 30.9 Å². The maximum atomic E-state index is 12.4. The number of ether oxygens (including phenoxy) is 3. The van der Waals surface area contributed by atoms with Crippen LogP contribution in [0.2, 0.25) is 0 Å². The van der Waals surface area contributed by atoms with Gasteiger partial charge in [-0.25, -0.2) is 4.79 Å². The van der Waals surface area contributed by atoms with Crippen molar-refractivity contribution < 1.29 is 19.0 Å². The molecule has 156 valence electrons. The van der Waals surface area contributed by atoms with Crippen LogP contribution in [0.15, 0.2) is 55.1 Å². The Morgan fingerprint density at radius 1 is 1.00 bits per heavy atom. The molecule has 2 aromatic rings. The summed E-state index contributed by atoms with van der Waals surface area (Å²) in [7, 11) is 0. The van der Waals surface area contributed by atoms with Gasteiger partial charge in [-0.05, 0) is 32.9 Å². The van der Waals surface area contributed by atoms with Gasteiger partial charge in [-0.1, -0.05) is 68.0 Å². The van der Waals surface area contributed by atoms with Crippen LogP contribution in [0.5, 0.6) is 0 Å². The van der Waals surface area contributed by atoms with Crippen LogP contribution in [0.1, 0.15) is 54.2 Å². The van der Waals surface area contributed by atoms with Crippen molar-refractivity contribution in [1.82, 2.24) is 0 Å². The van der Waals surface area contributed by atoms with Crippen molar-refractivity contribution in [1.29, 1.82) is 0 Å². The molecule has 1 saturated heterocycles. The lowest BCUT2D eigenvalue weighted by molar-refractivity contribution is -0.0308. The second-order valence-corrected chi connectivity index (χ2v) is 7.13. The van der Waals surface area contributed by atoms with E-state index in [1.807, 2.05) is 71.0 Å². The van der Waals surface area contributed by atoms with Gasteiger partial charge in [0.1, 0.15) is 24.6 Å². The highest BCUT2D eigenvalue weighted by atomic mass is 16.6. The maximum Gasteiger partial charge on any atom is 0.338 e. The van der Waals surface area contributed by atoms with Crippen LogP contribution in [0.25, 0.3) is 5.76 Å². The van der Waals surface area contributed by atoms with Crippen molar-refractivity contribution in [2.24, 2.45) is 0 Å². The van der Waals surface area contributed by atoms with Crippen LogP contribution < -0.4 is 0 Å². The molecule has 1 aliphatic rings. The summed E-state index contributed by atoms with van der Waals surface area (Å²) < 4.78 is 17.4. The first-order valence-electron chi connectivity index (χ1n) is 10.2. The Labute approximate surface area is 174 Å². The Morgan fingerprint density at radius 3 is 2.07 bits per heavy atom. The summed E-state index contributed by atoms with van der Waals surface area (Å²) in [5, 5.41) is 0. The molecule has 0 aromatic heterocycles. The Morgan fingerprint density at radius 2 is 1.52 bits per heavy atom. The van der Waals surface area contributed by atoms with Crippen LogP contribution in [0.3, 0.4) is 0 Å².